The average Bonchev–Trinajstić information content (AvgIpc) is 2.19. The van der Waals surface area contributed by atoms with Crippen LogP contribution >= 0.6 is 15.9 Å². The molecule has 0 aliphatic heterocycles. The molecule has 0 atom stereocenters. The van der Waals surface area contributed by atoms with Crippen molar-refractivity contribution >= 4 is 27.4 Å². The maximum Gasteiger partial charge on any atom is 0.288 e. The molecule has 1 N–H and O–H groups in total. The first kappa shape index (κ1) is 12.9. The summed E-state index contributed by atoms with van der Waals surface area (Å²) in [5.74, 6) is 0.618. The Hall–Kier alpha value is -1.21. The molecule has 1 rings (SSSR count). The second-order valence-corrected chi connectivity index (χ2v) is 4.37. The highest BCUT2D eigenvalue weighted by molar-refractivity contribution is 9.10. The van der Waals surface area contributed by atoms with E-state index < -0.39 is 4.92 Å². The molecule has 0 saturated carbocycles. The molecule has 0 saturated heterocycles. The molecule has 0 aliphatic rings. The molecule has 0 amide bonds. The van der Waals surface area contributed by atoms with Crippen molar-refractivity contribution in [3.05, 3.63) is 26.9 Å². The Bertz CT molecular complexity index is 384. The zero-order valence-corrected chi connectivity index (χ0v) is 10.7. The molecule has 0 bridgehead atoms. The Kier molecular flexibility index (Phi) is 4.63. The zero-order chi connectivity index (χ0) is 12.1. The van der Waals surface area contributed by atoms with E-state index in [0.29, 0.717) is 10.3 Å². The summed E-state index contributed by atoms with van der Waals surface area (Å²) in [7, 11) is 3.94. The van der Waals surface area contributed by atoms with Crippen LogP contribution in [-0.2, 0) is 0 Å². The molecule has 0 aliphatic carbocycles. The molecule has 6 nitrogen and oxygen atoms in total. The Morgan fingerprint density at radius 1 is 1.62 bits per heavy atom. The number of nitro groups is 1. The minimum absolute atomic E-state index is 0.0231. The van der Waals surface area contributed by atoms with Crippen LogP contribution in [-0.4, -0.2) is 42.0 Å². The molecule has 1 aromatic rings. The number of nitrogens with zero attached hydrogens (tertiary/aromatic N) is 3. The smallest absolute Gasteiger partial charge is 0.288 e. The van der Waals surface area contributed by atoms with Crippen LogP contribution in [0.3, 0.4) is 0 Å². The van der Waals surface area contributed by atoms with Crippen molar-refractivity contribution in [2.75, 3.05) is 32.5 Å². The van der Waals surface area contributed by atoms with E-state index in [1.807, 2.05) is 19.0 Å². The van der Waals surface area contributed by atoms with Crippen molar-refractivity contribution in [1.82, 2.24) is 9.88 Å². The quantitative estimate of drug-likeness (QED) is 0.660. The number of anilines is 1. The van der Waals surface area contributed by atoms with Crippen LogP contribution in [0.25, 0.3) is 0 Å². The molecule has 7 heteroatoms. The molecular weight excluding hydrogens is 276 g/mol. The van der Waals surface area contributed by atoms with E-state index in [1.165, 1.54) is 12.3 Å². The number of nitrogens with one attached hydrogen (secondary N) is 1. The minimum atomic E-state index is -0.471. The molecule has 0 radical (unpaired) electrons. The summed E-state index contributed by atoms with van der Waals surface area (Å²) in [6, 6.07) is 1.44. The largest absolute Gasteiger partial charge is 0.368 e. The van der Waals surface area contributed by atoms with Gasteiger partial charge in [0.2, 0.25) is 0 Å². The number of likely N-dealkylation sites (N-methyl/N-ethyl adjacent to an activating group) is 1. The Morgan fingerprint density at radius 2 is 2.31 bits per heavy atom. The Morgan fingerprint density at radius 3 is 2.81 bits per heavy atom. The molecule has 16 heavy (non-hydrogen) atoms. The molecule has 0 spiro atoms. The van der Waals surface area contributed by atoms with E-state index in [0.717, 1.165) is 13.1 Å². The second-order valence-electron chi connectivity index (χ2n) is 3.51. The number of pyridine rings is 1. The lowest BCUT2D eigenvalue weighted by Crippen LogP contribution is -2.21. The third kappa shape index (κ3) is 3.74. The van der Waals surface area contributed by atoms with E-state index in [-0.39, 0.29) is 5.69 Å². The van der Waals surface area contributed by atoms with E-state index in [4.69, 9.17) is 0 Å². The number of aromatic nitrogens is 1. The lowest BCUT2D eigenvalue weighted by Gasteiger charge is -2.11. The second kappa shape index (κ2) is 5.76. The maximum atomic E-state index is 10.5. The van der Waals surface area contributed by atoms with Gasteiger partial charge in [-0.3, -0.25) is 10.1 Å². The lowest BCUT2D eigenvalue weighted by atomic mass is 10.4. The summed E-state index contributed by atoms with van der Waals surface area (Å²) < 4.78 is 0.598. The predicted molar refractivity (Wildman–Crippen MR) is 65.6 cm³/mol. The van der Waals surface area contributed by atoms with Crippen LogP contribution in [0.5, 0.6) is 0 Å². The third-order valence-corrected chi connectivity index (χ3v) is 2.49. The van der Waals surface area contributed by atoms with E-state index in [2.05, 4.69) is 26.2 Å². The first-order valence-corrected chi connectivity index (χ1v) is 5.48. The number of rotatable bonds is 5. The molecular formula is C9H13BrN4O2. The van der Waals surface area contributed by atoms with Crippen LogP contribution in [0.15, 0.2) is 16.7 Å². The maximum absolute atomic E-state index is 10.5. The van der Waals surface area contributed by atoms with Gasteiger partial charge in [0, 0.05) is 19.2 Å². The summed E-state index contributed by atoms with van der Waals surface area (Å²) in [5, 5.41) is 13.6. The van der Waals surface area contributed by atoms with Crippen molar-refractivity contribution < 1.29 is 4.92 Å². The van der Waals surface area contributed by atoms with Crippen molar-refractivity contribution in [2.24, 2.45) is 0 Å². The molecule has 88 valence electrons. The summed E-state index contributed by atoms with van der Waals surface area (Å²) in [6.07, 6.45) is 1.24. The zero-order valence-electron chi connectivity index (χ0n) is 9.11. The molecule has 0 unspecified atom stereocenters. The Labute approximate surface area is 102 Å². The molecule has 1 heterocycles. The van der Waals surface area contributed by atoms with Crippen molar-refractivity contribution in [1.29, 1.82) is 0 Å². The van der Waals surface area contributed by atoms with E-state index in [9.17, 15) is 10.1 Å². The molecule has 1 aromatic heterocycles. The monoisotopic (exact) mass is 288 g/mol. The third-order valence-electron chi connectivity index (χ3n) is 1.89. The van der Waals surface area contributed by atoms with Gasteiger partial charge < -0.3 is 10.2 Å². The van der Waals surface area contributed by atoms with Gasteiger partial charge >= 0.3 is 0 Å². The first-order valence-electron chi connectivity index (χ1n) is 4.69. The van der Waals surface area contributed by atoms with Gasteiger partial charge in [-0.2, -0.15) is 0 Å². The molecule has 0 fully saturated rings. The van der Waals surface area contributed by atoms with E-state index >= 15 is 0 Å². The fourth-order valence-electron chi connectivity index (χ4n) is 1.06. The van der Waals surface area contributed by atoms with Crippen LogP contribution in [0.4, 0.5) is 11.5 Å². The highest BCUT2D eigenvalue weighted by atomic mass is 79.9. The summed E-state index contributed by atoms with van der Waals surface area (Å²) >= 11 is 3.24. The van der Waals surface area contributed by atoms with Crippen molar-refractivity contribution in [2.45, 2.75) is 0 Å². The van der Waals surface area contributed by atoms with Gasteiger partial charge in [0.05, 0.1) is 9.40 Å². The van der Waals surface area contributed by atoms with Gasteiger partial charge in [-0.15, -0.1) is 0 Å². The Balaban J connectivity index is 2.64. The summed E-state index contributed by atoms with van der Waals surface area (Å²) in [5.41, 5.74) is -0.0231. The van der Waals surface area contributed by atoms with Gasteiger partial charge in [0.1, 0.15) is 12.0 Å². The van der Waals surface area contributed by atoms with Gasteiger partial charge in [-0.1, -0.05) is 0 Å². The normalized spacial score (nSPS) is 10.5. The van der Waals surface area contributed by atoms with Crippen molar-refractivity contribution in [3.63, 3.8) is 0 Å². The fourth-order valence-corrected chi connectivity index (χ4v) is 1.53. The topological polar surface area (TPSA) is 71.3 Å². The van der Waals surface area contributed by atoms with E-state index in [1.54, 1.807) is 0 Å². The van der Waals surface area contributed by atoms with Crippen LogP contribution in [0.2, 0.25) is 0 Å². The van der Waals surface area contributed by atoms with Crippen LogP contribution in [0, 0.1) is 10.1 Å². The average molecular weight is 289 g/mol. The molecule has 0 aromatic carbocycles. The van der Waals surface area contributed by atoms with Gasteiger partial charge in [-0.05, 0) is 30.0 Å². The SMILES string of the molecule is CN(C)CCNc1ncc([N+](=O)[O-])cc1Br. The summed E-state index contributed by atoms with van der Waals surface area (Å²) in [6.45, 7) is 1.60. The number of halogens is 1. The fraction of sp³-hybridized carbons (Fsp3) is 0.444. The number of hydrogen-bond donors (Lipinski definition) is 1. The van der Waals surface area contributed by atoms with Crippen LogP contribution in [0.1, 0.15) is 0 Å². The highest BCUT2D eigenvalue weighted by Crippen LogP contribution is 2.23. The minimum Gasteiger partial charge on any atom is -0.368 e. The summed E-state index contributed by atoms with van der Waals surface area (Å²) in [4.78, 5) is 16.0. The van der Waals surface area contributed by atoms with Crippen LogP contribution < -0.4 is 5.32 Å². The van der Waals surface area contributed by atoms with Gasteiger partial charge in [-0.25, -0.2) is 4.98 Å². The van der Waals surface area contributed by atoms with Crippen molar-refractivity contribution in [3.8, 4) is 0 Å². The number of hydrogen-bond acceptors (Lipinski definition) is 5. The predicted octanol–water partition coefficient (Wildman–Crippen LogP) is 1.73. The lowest BCUT2D eigenvalue weighted by molar-refractivity contribution is -0.385. The van der Waals surface area contributed by atoms with Gasteiger partial charge in [0.25, 0.3) is 5.69 Å². The van der Waals surface area contributed by atoms with Gasteiger partial charge in [0.15, 0.2) is 0 Å². The first-order chi connectivity index (χ1) is 7.50. The highest BCUT2D eigenvalue weighted by Gasteiger charge is 2.09. The standard InChI is InChI=1S/C9H13BrN4O2/c1-13(2)4-3-11-9-8(10)5-7(6-12-9)14(15)16/h5-6H,3-4H2,1-2H3,(H,11,12).